The van der Waals surface area contributed by atoms with Crippen molar-refractivity contribution >= 4 is 11.7 Å². The Hall–Kier alpha value is -4.26. The molecule has 1 aromatic heterocycles. The maximum absolute atomic E-state index is 12.2. The molecular weight excluding hydrogens is 392 g/mol. The van der Waals surface area contributed by atoms with E-state index in [1.165, 1.54) is 0 Å². The van der Waals surface area contributed by atoms with E-state index >= 15 is 0 Å². The number of ether oxygens (including phenoxy) is 2. The second kappa shape index (κ2) is 9.49. The van der Waals surface area contributed by atoms with Gasteiger partial charge >= 0.3 is 6.03 Å². The van der Waals surface area contributed by atoms with Gasteiger partial charge in [0.15, 0.2) is 11.5 Å². The van der Waals surface area contributed by atoms with E-state index < -0.39 is 0 Å². The number of nitrogens with one attached hydrogen (secondary N) is 2. The van der Waals surface area contributed by atoms with Crippen molar-refractivity contribution in [1.82, 2.24) is 15.1 Å². The number of methoxy groups -OCH3 is 1. The average molecular weight is 414 g/mol. The lowest BCUT2D eigenvalue weighted by Gasteiger charge is -2.11. The monoisotopic (exact) mass is 414 g/mol. The largest absolute Gasteiger partial charge is 0.493 e. The van der Waals surface area contributed by atoms with Gasteiger partial charge in [-0.3, -0.25) is 0 Å². The molecule has 0 bridgehead atoms. The Kier molecular flexibility index (Phi) is 6.13. The summed E-state index contributed by atoms with van der Waals surface area (Å²) in [6, 6.07) is 24.0. The molecule has 0 saturated carbocycles. The van der Waals surface area contributed by atoms with Crippen molar-refractivity contribution < 1.29 is 14.3 Å². The lowest BCUT2D eigenvalue weighted by Crippen LogP contribution is -2.27. The van der Waals surface area contributed by atoms with Crippen LogP contribution in [-0.2, 0) is 6.54 Å². The highest BCUT2D eigenvalue weighted by atomic mass is 16.5. The van der Waals surface area contributed by atoms with Gasteiger partial charge in [-0.15, -0.1) is 0 Å². The zero-order valence-electron chi connectivity index (χ0n) is 17.0. The minimum Gasteiger partial charge on any atom is -0.493 e. The van der Waals surface area contributed by atoms with Crippen molar-refractivity contribution in [2.45, 2.75) is 6.54 Å². The molecule has 0 radical (unpaired) electrons. The Bertz CT molecular complexity index is 1140. The van der Waals surface area contributed by atoms with E-state index in [1.807, 2.05) is 60.8 Å². The van der Waals surface area contributed by atoms with Gasteiger partial charge in [-0.05, 0) is 48.5 Å². The molecule has 0 atom stereocenters. The Morgan fingerprint density at radius 1 is 0.935 bits per heavy atom. The number of hydrogen-bond donors (Lipinski definition) is 2. The second-order valence-electron chi connectivity index (χ2n) is 6.71. The Labute approximate surface area is 180 Å². The molecule has 2 amide bonds. The van der Waals surface area contributed by atoms with Gasteiger partial charge in [0.2, 0.25) is 0 Å². The Morgan fingerprint density at radius 2 is 1.65 bits per heavy atom. The van der Waals surface area contributed by atoms with Gasteiger partial charge in [-0.2, -0.15) is 5.10 Å². The highest BCUT2D eigenvalue weighted by Gasteiger charge is 2.07. The number of anilines is 1. The SMILES string of the molecule is COc1ccccc1Oc1ccc(NC(=O)NCc2cnn(-c3ccccc3)c2)cc1. The van der Waals surface area contributed by atoms with Gasteiger partial charge in [-0.25, -0.2) is 9.48 Å². The molecule has 0 aliphatic rings. The zero-order chi connectivity index (χ0) is 21.5. The molecular formula is C24H22N4O3. The van der Waals surface area contributed by atoms with E-state index in [2.05, 4.69) is 15.7 Å². The minimum atomic E-state index is -0.300. The first-order valence-corrected chi connectivity index (χ1v) is 9.76. The molecule has 4 aromatic rings. The Morgan fingerprint density at radius 3 is 2.39 bits per heavy atom. The molecule has 2 N–H and O–H groups in total. The summed E-state index contributed by atoms with van der Waals surface area (Å²) in [6.07, 6.45) is 3.62. The van der Waals surface area contributed by atoms with E-state index in [0.29, 0.717) is 29.5 Å². The number of nitrogens with zero attached hydrogens (tertiary/aromatic N) is 2. The van der Waals surface area contributed by atoms with Crippen LogP contribution in [0.1, 0.15) is 5.56 Å². The van der Waals surface area contributed by atoms with Crippen LogP contribution in [0.3, 0.4) is 0 Å². The van der Waals surface area contributed by atoms with Crippen LogP contribution in [0.25, 0.3) is 5.69 Å². The van der Waals surface area contributed by atoms with Crippen molar-refractivity contribution in [2.75, 3.05) is 12.4 Å². The predicted octanol–water partition coefficient (Wildman–Crippen LogP) is 4.99. The number of aromatic nitrogens is 2. The van der Waals surface area contributed by atoms with Gasteiger partial charge < -0.3 is 20.1 Å². The van der Waals surface area contributed by atoms with Gasteiger partial charge in [0.1, 0.15) is 5.75 Å². The average Bonchev–Trinajstić information content (AvgIpc) is 3.29. The summed E-state index contributed by atoms with van der Waals surface area (Å²) in [4.78, 5) is 12.2. The van der Waals surface area contributed by atoms with Crippen LogP contribution in [0.2, 0.25) is 0 Å². The van der Waals surface area contributed by atoms with Crippen molar-refractivity contribution in [3.8, 4) is 22.9 Å². The fraction of sp³-hybridized carbons (Fsp3) is 0.0833. The van der Waals surface area contributed by atoms with Gasteiger partial charge in [0.05, 0.1) is 19.0 Å². The second-order valence-corrected chi connectivity index (χ2v) is 6.71. The third-order valence-electron chi connectivity index (χ3n) is 4.52. The fourth-order valence-electron chi connectivity index (χ4n) is 2.97. The molecule has 0 saturated heterocycles. The summed E-state index contributed by atoms with van der Waals surface area (Å²) in [5.41, 5.74) is 2.53. The highest BCUT2D eigenvalue weighted by molar-refractivity contribution is 5.89. The maximum atomic E-state index is 12.2. The topological polar surface area (TPSA) is 77.4 Å². The van der Waals surface area contributed by atoms with Gasteiger partial charge in [-0.1, -0.05) is 30.3 Å². The molecule has 3 aromatic carbocycles. The molecule has 0 fully saturated rings. The number of carbonyl (C=O) groups excluding carboxylic acids is 1. The number of benzene rings is 3. The van der Waals surface area contributed by atoms with Gasteiger partial charge in [0, 0.05) is 24.0 Å². The summed E-state index contributed by atoms with van der Waals surface area (Å²) in [5, 5.41) is 9.96. The molecule has 7 heteroatoms. The van der Waals surface area contributed by atoms with Crippen molar-refractivity contribution in [2.24, 2.45) is 0 Å². The summed E-state index contributed by atoms with van der Waals surface area (Å²) in [7, 11) is 1.60. The van der Waals surface area contributed by atoms with Crippen LogP contribution in [0.15, 0.2) is 91.3 Å². The van der Waals surface area contributed by atoms with Crippen molar-refractivity contribution in [3.63, 3.8) is 0 Å². The molecule has 0 spiro atoms. The number of amides is 2. The zero-order valence-corrected chi connectivity index (χ0v) is 17.0. The van der Waals surface area contributed by atoms with Crippen LogP contribution in [0.5, 0.6) is 17.2 Å². The van der Waals surface area contributed by atoms with E-state index in [-0.39, 0.29) is 6.03 Å². The third kappa shape index (κ3) is 5.22. The highest BCUT2D eigenvalue weighted by Crippen LogP contribution is 2.31. The smallest absolute Gasteiger partial charge is 0.319 e. The van der Waals surface area contributed by atoms with Crippen LogP contribution < -0.4 is 20.1 Å². The number of rotatable bonds is 7. The summed E-state index contributed by atoms with van der Waals surface area (Å²) >= 11 is 0. The predicted molar refractivity (Wildman–Crippen MR) is 119 cm³/mol. The maximum Gasteiger partial charge on any atom is 0.319 e. The van der Waals surface area contributed by atoms with Crippen LogP contribution >= 0.6 is 0 Å². The molecule has 31 heavy (non-hydrogen) atoms. The number of hydrogen-bond acceptors (Lipinski definition) is 4. The lowest BCUT2D eigenvalue weighted by atomic mass is 10.3. The van der Waals surface area contributed by atoms with E-state index in [9.17, 15) is 4.79 Å². The molecule has 0 unspecified atom stereocenters. The van der Waals surface area contributed by atoms with Crippen molar-refractivity contribution in [3.05, 3.63) is 96.8 Å². The number of urea groups is 1. The minimum absolute atomic E-state index is 0.300. The van der Waals surface area contributed by atoms with Crippen LogP contribution in [0, 0.1) is 0 Å². The summed E-state index contributed by atoms with van der Waals surface area (Å²) in [5.74, 6) is 1.92. The van der Waals surface area contributed by atoms with Crippen LogP contribution in [-0.4, -0.2) is 22.9 Å². The first kappa shape index (κ1) is 20.0. The fourth-order valence-corrected chi connectivity index (χ4v) is 2.97. The summed E-state index contributed by atoms with van der Waals surface area (Å²) < 4.78 is 12.9. The molecule has 1 heterocycles. The number of para-hydroxylation sites is 3. The van der Waals surface area contributed by atoms with Gasteiger partial charge in [0.25, 0.3) is 0 Å². The standard InChI is InChI=1S/C24H22N4O3/c1-30-22-9-5-6-10-23(22)31-21-13-11-19(12-14-21)27-24(29)25-15-18-16-26-28(17-18)20-7-3-2-4-8-20/h2-14,16-17H,15H2,1H3,(H2,25,27,29). The van der Waals surface area contributed by atoms with E-state index in [4.69, 9.17) is 9.47 Å². The first-order chi connectivity index (χ1) is 15.2. The van der Waals surface area contributed by atoms with Crippen LogP contribution in [0.4, 0.5) is 10.5 Å². The number of carbonyl (C=O) groups is 1. The third-order valence-corrected chi connectivity index (χ3v) is 4.52. The van der Waals surface area contributed by atoms with E-state index in [0.717, 1.165) is 11.3 Å². The molecule has 0 aliphatic heterocycles. The summed E-state index contributed by atoms with van der Waals surface area (Å²) in [6.45, 7) is 0.369. The van der Waals surface area contributed by atoms with Crippen molar-refractivity contribution in [1.29, 1.82) is 0 Å². The first-order valence-electron chi connectivity index (χ1n) is 9.76. The quantitative estimate of drug-likeness (QED) is 0.446. The normalized spacial score (nSPS) is 10.4. The molecule has 7 nitrogen and oxygen atoms in total. The van der Waals surface area contributed by atoms with E-state index in [1.54, 1.807) is 42.3 Å². The molecule has 156 valence electrons. The lowest BCUT2D eigenvalue weighted by molar-refractivity contribution is 0.251. The molecule has 4 rings (SSSR count). The molecule has 0 aliphatic carbocycles. The Balaban J connectivity index is 1.29.